The van der Waals surface area contributed by atoms with E-state index in [4.69, 9.17) is 23.2 Å². The zero-order chi connectivity index (χ0) is 18.8. The number of hydrogen-bond donors (Lipinski definition) is 1. The minimum absolute atomic E-state index is 0.0328. The Labute approximate surface area is 153 Å². The van der Waals surface area contributed by atoms with E-state index in [1.54, 1.807) is 0 Å². The summed E-state index contributed by atoms with van der Waals surface area (Å²) in [4.78, 5) is 3.55. The lowest BCUT2D eigenvalue weighted by Crippen LogP contribution is -2.19. The Kier molecular flexibility index (Phi) is 6.67. The van der Waals surface area contributed by atoms with E-state index in [0.717, 1.165) is 25.0 Å². The first kappa shape index (κ1) is 20.4. The molecule has 0 amide bonds. The van der Waals surface area contributed by atoms with E-state index in [1.165, 1.54) is 0 Å². The summed E-state index contributed by atoms with van der Waals surface area (Å²) in [5, 5.41) is 2.65. The Morgan fingerprint density at radius 3 is 2.44 bits per heavy atom. The van der Waals surface area contributed by atoms with Gasteiger partial charge in [-0.25, -0.2) is 8.78 Å². The first-order valence-corrected chi connectivity index (χ1v) is 9.18. The Balaban J connectivity index is 2.27. The average Bonchev–Trinajstić information content (AvgIpc) is 3.27. The zero-order valence-corrected chi connectivity index (χ0v) is 14.9. The van der Waals surface area contributed by atoms with Gasteiger partial charge in [-0.15, -0.1) is 0 Å². The number of nitrogens with one attached hydrogen (secondary N) is 1. The van der Waals surface area contributed by atoms with Crippen LogP contribution in [0.5, 0.6) is 0 Å². The van der Waals surface area contributed by atoms with Crippen molar-refractivity contribution in [2.75, 3.05) is 17.6 Å². The Morgan fingerprint density at radius 1 is 1.28 bits per heavy atom. The number of anilines is 1. The van der Waals surface area contributed by atoms with Gasteiger partial charge in [-0.1, -0.05) is 23.2 Å². The molecule has 0 bridgehead atoms. The number of hydrogen-bond acceptors (Lipinski definition) is 2. The maximum atomic E-state index is 12.4. The summed E-state index contributed by atoms with van der Waals surface area (Å²) in [6, 6.07) is 2.29. The standard InChI is InChI=1S/C14H13Cl2F5N2OS/c15-8-3-9(16)11(25(24)6-14(19,20)21)4-10(8)23-13(7-1-2-7)22-5-12(17)18/h3-4,7,12H,1-2,5-6H2,(H,22,23). The van der Waals surface area contributed by atoms with E-state index in [1.807, 2.05) is 0 Å². The van der Waals surface area contributed by atoms with Gasteiger partial charge in [-0.05, 0) is 25.0 Å². The van der Waals surface area contributed by atoms with E-state index in [-0.39, 0.29) is 32.4 Å². The molecule has 3 nitrogen and oxygen atoms in total. The van der Waals surface area contributed by atoms with E-state index < -0.39 is 35.7 Å². The summed E-state index contributed by atoms with van der Waals surface area (Å²) in [6.07, 6.45) is -5.73. The summed E-state index contributed by atoms with van der Waals surface area (Å²) >= 11 is 11.8. The van der Waals surface area contributed by atoms with E-state index in [2.05, 4.69) is 10.3 Å². The average molecular weight is 423 g/mol. The minimum atomic E-state index is -4.63. The van der Waals surface area contributed by atoms with Crippen molar-refractivity contribution in [3.63, 3.8) is 0 Å². The molecule has 140 valence electrons. The fourth-order valence-corrected chi connectivity index (χ4v) is 3.63. The second-order valence-electron chi connectivity index (χ2n) is 5.38. The molecule has 1 aromatic carbocycles. The van der Waals surface area contributed by atoms with Crippen LogP contribution in [0.2, 0.25) is 10.0 Å². The summed E-state index contributed by atoms with van der Waals surface area (Å²) in [5.74, 6) is -1.31. The van der Waals surface area contributed by atoms with Crippen LogP contribution in [0.1, 0.15) is 12.8 Å². The van der Waals surface area contributed by atoms with Crippen molar-refractivity contribution in [3.05, 3.63) is 22.2 Å². The monoisotopic (exact) mass is 422 g/mol. The molecular weight excluding hydrogens is 410 g/mol. The van der Waals surface area contributed by atoms with Crippen molar-refractivity contribution in [3.8, 4) is 0 Å². The molecule has 1 fully saturated rings. The van der Waals surface area contributed by atoms with Crippen LogP contribution in [0.3, 0.4) is 0 Å². The molecule has 0 spiro atoms. The number of halogens is 7. The van der Waals surface area contributed by atoms with Crippen LogP contribution < -0.4 is 5.32 Å². The van der Waals surface area contributed by atoms with Crippen LogP contribution in [-0.4, -0.2) is 34.9 Å². The van der Waals surface area contributed by atoms with Crippen molar-refractivity contribution in [1.82, 2.24) is 0 Å². The lowest BCUT2D eigenvalue weighted by atomic mass is 10.3. The second-order valence-corrected chi connectivity index (χ2v) is 7.62. The van der Waals surface area contributed by atoms with Gasteiger partial charge in [0.2, 0.25) is 0 Å². The van der Waals surface area contributed by atoms with Gasteiger partial charge in [-0.2, -0.15) is 13.2 Å². The van der Waals surface area contributed by atoms with Gasteiger partial charge >= 0.3 is 6.18 Å². The van der Waals surface area contributed by atoms with E-state index >= 15 is 0 Å². The van der Waals surface area contributed by atoms with Crippen molar-refractivity contribution in [2.45, 2.75) is 30.3 Å². The number of rotatable bonds is 6. The third kappa shape index (κ3) is 6.38. The van der Waals surface area contributed by atoms with E-state index in [9.17, 15) is 26.2 Å². The topological polar surface area (TPSA) is 41.5 Å². The predicted molar refractivity (Wildman–Crippen MR) is 88.4 cm³/mol. The van der Waals surface area contributed by atoms with Crippen LogP contribution in [0.4, 0.5) is 27.6 Å². The highest BCUT2D eigenvalue weighted by Crippen LogP contribution is 2.36. The summed E-state index contributed by atoms with van der Waals surface area (Å²) in [6.45, 7) is -0.698. The molecule has 1 atom stereocenters. The zero-order valence-electron chi connectivity index (χ0n) is 12.5. The van der Waals surface area contributed by atoms with Crippen molar-refractivity contribution in [1.29, 1.82) is 0 Å². The fraction of sp³-hybridized carbons (Fsp3) is 0.500. The molecular formula is C14H13Cl2F5N2OS. The molecule has 25 heavy (non-hydrogen) atoms. The highest BCUT2D eigenvalue weighted by molar-refractivity contribution is 7.85. The fourth-order valence-electron chi connectivity index (χ4n) is 1.96. The van der Waals surface area contributed by atoms with Crippen LogP contribution in [-0.2, 0) is 10.8 Å². The lowest BCUT2D eigenvalue weighted by Gasteiger charge is -2.14. The Bertz CT molecular complexity index is 693. The normalized spacial score (nSPS) is 17.0. The smallest absolute Gasteiger partial charge is 0.343 e. The van der Waals surface area contributed by atoms with E-state index in [0.29, 0.717) is 0 Å². The maximum Gasteiger partial charge on any atom is 0.400 e. The molecule has 0 aromatic heterocycles. The van der Waals surface area contributed by atoms with Crippen molar-refractivity contribution in [2.24, 2.45) is 10.9 Å². The van der Waals surface area contributed by atoms with Crippen molar-refractivity contribution >= 4 is 45.5 Å². The second kappa shape index (κ2) is 8.18. The van der Waals surface area contributed by atoms with Crippen LogP contribution in [0.15, 0.2) is 22.0 Å². The van der Waals surface area contributed by atoms with Crippen LogP contribution in [0.25, 0.3) is 0 Å². The molecule has 1 N–H and O–H groups in total. The van der Waals surface area contributed by atoms with Gasteiger partial charge in [0.1, 0.15) is 18.1 Å². The SMILES string of the molecule is O=S(CC(F)(F)F)c1cc(NC(=NCC(F)F)C2CC2)c(Cl)cc1Cl. The molecule has 0 radical (unpaired) electrons. The van der Waals surface area contributed by atoms with Gasteiger partial charge < -0.3 is 5.32 Å². The molecule has 1 aliphatic rings. The first-order valence-electron chi connectivity index (χ1n) is 7.10. The molecule has 0 saturated heterocycles. The molecule has 0 heterocycles. The largest absolute Gasteiger partial charge is 0.400 e. The first-order chi connectivity index (χ1) is 11.6. The van der Waals surface area contributed by atoms with Crippen LogP contribution in [0, 0.1) is 5.92 Å². The molecule has 1 aliphatic carbocycles. The number of alkyl halides is 5. The van der Waals surface area contributed by atoms with Gasteiger partial charge in [0.25, 0.3) is 6.43 Å². The molecule has 1 aromatic rings. The van der Waals surface area contributed by atoms with Gasteiger partial charge in [0.05, 0.1) is 31.4 Å². The molecule has 11 heteroatoms. The van der Waals surface area contributed by atoms with Gasteiger partial charge in [0.15, 0.2) is 0 Å². The predicted octanol–water partition coefficient (Wildman–Crippen LogP) is 5.15. The summed E-state index contributed by atoms with van der Waals surface area (Å²) in [5.41, 5.74) is 0.122. The number of nitrogens with zero attached hydrogens (tertiary/aromatic N) is 1. The molecule has 2 rings (SSSR count). The summed E-state index contributed by atoms with van der Waals surface area (Å²) < 4.78 is 73.9. The quantitative estimate of drug-likeness (QED) is 0.391. The Hall–Kier alpha value is -0.930. The highest BCUT2D eigenvalue weighted by atomic mass is 35.5. The number of amidine groups is 1. The lowest BCUT2D eigenvalue weighted by molar-refractivity contribution is -0.105. The highest BCUT2D eigenvalue weighted by Gasteiger charge is 2.32. The van der Waals surface area contributed by atoms with Gasteiger partial charge in [-0.3, -0.25) is 9.20 Å². The van der Waals surface area contributed by atoms with Gasteiger partial charge in [0, 0.05) is 5.92 Å². The number of benzene rings is 1. The Morgan fingerprint density at radius 2 is 1.92 bits per heavy atom. The number of aliphatic imine (C=N–C) groups is 1. The third-order valence-electron chi connectivity index (χ3n) is 3.19. The minimum Gasteiger partial charge on any atom is -0.343 e. The maximum absolute atomic E-state index is 12.4. The molecule has 1 unspecified atom stereocenters. The molecule has 0 aliphatic heterocycles. The summed E-state index contributed by atoms with van der Waals surface area (Å²) in [7, 11) is -2.42. The molecule has 1 saturated carbocycles. The third-order valence-corrected chi connectivity index (χ3v) is 5.34. The van der Waals surface area contributed by atoms with Crippen LogP contribution >= 0.6 is 23.2 Å². The van der Waals surface area contributed by atoms with Crippen molar-refractivity contribution < 1.29 is 26.2 Å².